The smallest absolute Gasteiger partial charge is 0.283 e. The third-order valence-corrected chi connectivity index (χ3v) is 5.12. The molecule has 0 spiro atoms. The van der Waals surface area contributed by atoms with Gasteiger partial charge in [0.05, 0.1) is 19.5 Å². The lowest BCUT2D eigenvalue weighted by molar-refractivity contribution is 0.0987. The minimum absolute atomic E-state index is 0.0412. The number of rotatable bonds is 6. The first-order valence-electron chi connectivity index (χ1n) is 8.73. The number of carbonyl (C=O) groups is 1. The zero-order valence-electron chi connectivity index (χ0n) is 15.1. The number of ether oxygens (including phenoxy) is 2. The fraction of sp³-hybridized carbons (Fsp3) is 0.368. The van der Waals surface area contributed by atoms with Crippen LogP contribution in [0.3, 0.4) is 0 Å². The summed E-state index contributed by atoms with van der Waals surface area (Å²) >= 11 is 0. The van der Waals surface area contributed by atoms with E-state index in [1.165, 1.54) is 37.7 Å². The highest BCUT2D eigenvalue weighted by Gasteiger charge is 2.60. The molecule has 1 fully saturated rings. The molecule has 2 aromatic rings. The van der Waals surface area contributed by atoms with Gasteiger partial charge in [-0.15, -0.1) is 0 Å². The van der Waals surface area contributed by atoms with Crippen LogP contribution in [-0.2, 0) is 16.7 Å². The Kier molecular flexibility index (Phi) is 4.44. The van der Waals surface area contributed by atoms with Gasteiger partial charge in [-0.25, -0.2) is 23.7 Å². The van der Waals surface area contributed by atoms with Crippen LogP contribution in [-0.4, -0.2) is 41.7 Å². The predicted molar refractivity (Wildman–Crippen MR) is 95.3 cm³/mol. The number of halogens is 2. The number of alkyl halides is 1. The summed E-state index contributed by atoms with van der Waals surface area (Å²) in [5.41, 5.74) is 5.00. The number of fused-ring (bicyclic) bond motifs is 1. The number of Topliss-reactive ketones (excluding diaryl/α,β-unsaturated/α-hetero) is 1. The van der Waals surface area contributed by atoms with Gasteiger partial charge in [0.15, 0.2) is 5.78 Å². The van der Waals surface area contributed by atoms with Gasteiger partial charge in [-0.05, 0) is 24.1 Å². The molecule has 1 saturated carbocycles. The predicted octanol–water partition coefficient (Wildman–Crippen LogP) is 1.95. The number of amidine groups is 1. The van der Waals surface area contributed by atoms with Gasteiger partial charge in [-0.2, -0.15) is 0 Å². The summed E-state index contributed by atoms with van der Waals surface area (Å²) in [6.07, 6.45) is 2.91. The largest absolute Gasteiger partial charge is 0.480 e. The van der Waals surface area contributed by atoms with Crippen LogP contribution in [0.15, 0.2) is 35.6 Å². The van der Waals surface area contributed by atoms with Crippen molar-refractivity contribution in [3.8, 4) is 5.88 Å². The van der Waals surface area contributed by atoms with Gasteiger partial charge in [-0.1, -0.05) is 6.07 Å². The third-order valence-electron chi connectivity index (χ3n) is 5.12. The lowest BCUT2D eigenvalue weighted by Crippen LogP contribution is -2.39. The Bertz CT molecular complexity index is 951. The summed E-state index contributed by atoms with van der Waals surface area (Å²) in [5, 5.41) is 0. The summed E-state index contributed by atoms with van der Waals surface area (Å²) in [6.45, 7) is -0.906. The van der Waals surface area contributed by atoms with Crippen molar-refractivity contribution in [3.63, 3.8) is 0 Å². The summed E-state index contributed by atoms with van der Waals surface area (Å²) in [7, 11) is 1.45. The Hall–Kier alpha value is -3.10. The van der Waals surface area contributed by atoms with Crippen molar-refractivity contribution in [1.82, 2.24) is 9.97 Å². The van der Waals surface area contributed by atoms with E-state index in [-0.39, 0.29) is 41.5 Å². The van der Waals surface area contributed by atoms with Gasteiger partial charge >= 0.3 is 0 Å². The molecule has 3 atom stereocenters. The second-order valence-electron chi connectivity index (χ2n) is 6.86. The number of methoxy groups -OCH3 is 1. The third kappa shape index (κ3) is 3.06. The van der Waals surface area contributed by atoms with Crippen LogP contribution in [0, 0.1) is 11.7 Å². The highest BCUT2D eigenvalue weighted by molar-refractivity contribution is 5.95. The number of benzene rings is 1. The molecule has 0 bridgehead atoms. The van der Waals surface area contributed by atoms with Crippen molar-refractivity contribution in [2.24, 2.45) is 16.6 Å². The van der Waals surface area contributed by atoms with Crippen LogP contribution >= 0.6 is 0 Å². The molecule has 9 heteroatoms. The van der Waals surface area contributed by atoms with Gasteiger partial charge in [0.1, 0.15) is 29.8 Å². The average Bonchev–Trinajstić information content (AvgIpc) is 3.48. The maximum absolute atomic E-state index is 14.6. The zero-order valence-corrected chi connectivity index (χ0v) is 15.1. The molecule has 4 rings (SSSR count). The molecule has 2 N–H and O–H groups in total. The monoisotopic (exact) mass is 388 g/mol. The van der Waals surface area contributed by atoms with Gasteiger partial charge in [0.2, 0.25) is 5.88 Å². The molecule has 2 aliphatic rings. The van der Waals surface area contributed by atoms with E-state index in [0.29, 0.717) is 17.9 Å². The molecule has 2 heterocycles. The molecular weight excluding hydrogens is 370 g/mol. The number of aliphatic imine (C=N–C) groups is 1. The summed E-state index contributed by atoms with van der Waals surface area (Å²) in [6, 6.07) is 4.02. The van der Waals surface area contributed by atoms with E-state index in [1.807, 2.05) is 0 Å². The first-order valence-corrected chi connectivity index (χ1v) is 8.73. The van der Waals surface area contributed by atoms with Crippen LogP contribution in [0.1, 0.15) is 28.0 Å². The molecule has 0 saturated heterocycles. The van der Waals surface area contributed by atoms with E-state index in [2.05, 4.69) is 15.0 Å². The van der Waals surface area contributed by atoms with Crippen molar-refractivity contribution >= 4 is 11.8 Å². The van der Waals surface area contributed by atoms with Gasteiger partial charge < -0.3 is 15.2 Å². The average molecular weight is 388 g/mol. The van der Waals surface area contributed by atoms with Crippen LogP contribution in [0.5, 0.6) is 5.88 Å². The highest BCUT2D eigenvalue weighted by atomic mass is 19.1. The SMILES string of the molecule is COc1cnc(C(=O)Cc2ccc(F)c([C@@]3(CF)N=C(N)O[C@@H]4C[C@@H]43)c2)cn1. The lowest BCUT2D eigenvalue weighted by Gasteiger charge is -2.31. The van der Waals surface area contributed by atoms with E-state index >= 15 is 0 Å². The quantitative estimate of drug-likeness (QED) is 0.760. The molecule has 7 nitrogen and oxygen atoms in total. The Morgan fingerprint density at radius 3 is 2.89 bits per heavy atom. The number of nitrogens with two attached hydrogens (primary N) is 1. The number of hydrogen-bond acceptors (Lipinski definition) is 7. The topological polar surface area (TPSA) is 99.7 Å². The fourth-order valence-corrected chi connectivity index (χ4v) is 3.58. The van der Waals surface area contributed by atoms with Crippen molar-refractivity contribution in [2.45, 2.75) is 24.5 Å². The van der Waals surface area contributed by atoms with Crippen LogP contribution in [0.2, 0.25) is 0 Å². The number of ketones is 1. The van der Waals surface area contributed by atoms with E-state index < -0.39 is 18.0 Å². The second-order valence-corrected chi connectivity index (χ2v) is 6.86. The molecular formula is C19H18F2N4O3. The minimum atomic E-state index is -1.42. The second kappa shape index (κ2) is 6.81. The Morgan fingerprint density at radius 2 is 2.21 bits per heavy atom. The maximum Gasteiger partial charge on any atom is 0.283 e. The summed E-state index contributed by atoms with van der Waals surface area (Å²) in [5.74, 6) is -0.888. The lowest BCUT2D eigenvalue weighted by atomic mass is 9.84. The number of carbonyl (C=O) groups excluding carboxylic acids is 1. The van der Waals surface area contributed by atoms with Crippen molar-refractivity contribution in [1.29, 1.82) is 0 Å². The van der Waals surface area contributed by atoms with Gasteiger partial charge in [0.25, 0.3) is 6.02 Å². The molecule has 146 valence electrons. The number of aromatic nitrogens is 2. The van der Waals surface area contributed by atoms with Crippen molar-refractivity contribution in [3.05, 3.63) is 53.2 Å². The normalized spacial score (nSPS) is 25.3. The van der Waals surface area contributed by atoms with Gasteiger partial charge in [-0.3, -0.25) is 4.79 Å². The van der Waals surface area contributed by atoms with Crippen molar-refractivity contribution in [2.75, 3.05) is 13.8 Å². The van der Waals surface area contributed by atoms with Gasteiger partial charge in [0, 0.05) is 17.9 Å². The molecule has 1 aliphatic carbocycles. The maximum atomic E-state index is 14.6. The van der Waals surface area contributed by atoms with E-state index in [9.17, 15) is 13.6 Å². The highest BCUT2D eigenvalue weighted by Crippen LogP contribution is 2.53. The van der Waals surface area contributed by atoms with E-state index in [0.717, 1.165) is 0 Å². The molecule has 0 radical (unpaired) electrons. The molecule has 0 amide bonds. The Balaban J connectivity index is 1.64. The van der Waals surface area contributed by atoms with Crippen molar-refractivity contribution < 1.29 is 23.0 Å². The summed E-state index contributed by atoms with van der Waals surface area (Å²) < 4.78 is 38.9. The Morgan fingerprint density at radius 1 is 1.39 bits per heavy atom. The van der Waals surface area contributed by atoms with E-state index in [4.69, 9.17) is 15.2 Å². The van der Waals surface area contributed by atoms with E-state index in [1.54, 1.807) is 0 Å². The summed E-state index contributed by atoms with van der Waals surface area (Å²) in [4.78, 5) is 24.6. The van der Waals surface area contributed by atoms with Crippen LogP contribution in [0.25, 0.3) is 0 Å². The zero-order chi connectivity index (χ0) is 19.9. The standard InChI is InChI=1S/C19H18F2N4O3/c1-27-17-8-23-14(7-24-17)15(26)5-10-2-3-13(21)11(4-10)19(9-20)12-6-16(12)28-18(22)25-19/h2-4,7-8,12,16H,5-6,9H2,1H3,(H2,22,25)/t12-,16+,19+/m0/s1. The first-order chi connectivity index (χ1) is 13.5. The first kappa shape index (κ1) is 18.3. The van der Waals surface area contributed by atoms with Crippen LogP contribution < -0.4 is 10.5 Å². The molecule has 0 unspecified atom stereocenters. The number of nitrogens with zero attached hydrogens (tertiary/aromatic N) is 3. The fourth-order valence-electron chi connectivity index (χ4n) is 3.58. The molecule has 28 heavy (non-hydrogen) atoms. The van der Waals surface area contributed by atoms with Crippen LogP contribution in [0.4, 0.5) is 8.78 Å². The Labute approximate surface area is 159 Å². The molecule has 1 aliphatic heterocycles. The molecule has 1 aromatic heterocycles. The number of hydrogen-bond donors (Lipinski definition) is 1. The minimum Gasteiger partial charge on any atom is -0.480 e. The molecule has 1 aromatic carbocycles.